The van der Waals surface area contributed by atoms with E-state index in [-0.39, 0.29) is 24.8 Å². The van der Waals surface area contributed by atoms with Crippen LogP contribution in [0.5, 0.6) is 0 Å². The molecular formula is C42H37Cl2GeZr. The van der Waals surface area contributed by atoms with Gasteiger partial charge in [-0.05, 0) is 0 Å². The molecule has 2 atom stereocenters. The Balaban J connectivity index is 0.00000186. The van der Waals surface area contributed by atoms with Gasteiger partial charge >= 0.3 is 273 Å². The molecule has 227 valence electrons. The van der Waals surface area contributed by atoms with Gasteiger partial charge in [-0.2, -0.15) is 0 Å². The number of fused-ring (bicyclic) bond motifs is 4. The molecule has 0 nitrogen and oxygen atoms in total. The first-order chi connectivity index (χ1) is 21.5. The van der Waals surface area contributed by atoms with E-state index in [1.54, 1.807) is 22.3 Å². The molecule has 8 rings (SSSR count). The van der Waals surface area contributed by atoms with Crippen LogP contribution < -0.4 is 24.8 Å². The average Bonchev–Trinajstić information content (AvgIpc) is 3.50. The minimum absolute atomic E-state index is 0. The molecule has 0 heterocycles. The average molecular weight is 776 g/mol. The van der Waals surface area contributed by atoms with E-state index in [1.165, 1.54) is 54.9 Å². The van der Waals surface area contributed by atoms with E-state index in [2.05, 4.69) is 159 Å². The molecule has 0 saturated carbocycles. The van der Waals surface area contributed by atoms with Crippen molar-refractivity contribution in [1.82, 2.24) is 0 Å². The first-order valence-electron chi connectivity index (χ1n) is 16.0. The molecular weight excluding hydrogens is 739 g/mol. The van der Waals surface area contributed by atoms with E-state index < -0.39 is 29.8 Å². The SMILES string of the molecule is CC1=C(c2cccc3ccccc23)c2ccccc2[CH]1[Zr+2]([CH]1C(C)=C(c2cccc3ccccc23)c2ccccc21)[GeH]([CH3])[CH3].[Cl-].[Cl-]. The van der Waals surface area contributed by atoms with Gasteiger partial charge < -0.3 is 24.8 Å². The summed E-state index contributed by atoms with van der Waals surface area (Å²) in [6, 6.07) is 50.6. The molecule has 0 saturated heterocycles. The Morgan fingerprint density at radius 1 is 0.435 bits per heavy atom. The molecule has 0 aliphatic heterocycles. The second-order valence-corrected chi connectivity index (χ2v) is 46.0. The molecule has 46 heavy (non-hydrogen) atoms. The third-order valence-electron chi connectivity index (χ3n) is 10.2. The van der Waals surface area contributed by atoms with Crippen LogP contribution in [0.1, 0.15) is 54.5 Å². The van der Waals surface area contributed by atoms with Gasteiger partial charge in [0.05, 0.1) is 0 Å². The molecule has 0 spiro atoms. The number of hydrogen-bond acceptors (Lipinski definition) is 0. The van der Waals surface area contributed by atoms with Gasteiger partial charge in [0.25, 0.3) is 0 Å². The maximum absolute atomic E-state index is 2.72. The fourth-order valence-electron chi connectivity index (χ4n) is 8.43. The van der Waals surface area contributed by atoms with Crippen molar-refractivity contribution in [2.24, 2.45) is 0 Å². The molecule has 2 aliphatic rings. The Kier molecular flexibility index (Phi) is 9.71. The van der Waals surface area contributed by atoms with Crippen molar-refractivity contribution in [1.29, 1.82) is 0 Å². The molecule has 6 aromatic carbocycles. The van der Waals surface area contributed by atoms with Crippen LogP contribution in [0.4, 0.5) is 0 Å². The van der Waals surface area contributed by atoms with Crippen LogP contribution in [0.15, 0.2) is 145 Å². The van der Waals surface area contributed by atoms with Gasteiger partial charge in [0.15, 0.2) is 0 Å². The number of rotatable bonds is 5. The van der Waals surface area contributed by atoms with E-state index in [0.29, 0.717) is 7.25 Å². The van der Waals surface area contributed by atoms with Gasteiger partial charge in [-0.3, -0.25) is 0 Å². The quantitative estimate of drug-likeness (QED) is 0.215. The molecule has 0 N–H and O–H groups in total. The van der Waals surface area contributed by atoms with Crippen LogP contribution in [-0.4, -0.2) is 10.6 Å². The summed E-state index contributed by atoms with van der Waals surface area (Å²) in [5, 5.41) is 5.40. The van der Waals surface area contributed by atoms with Crippen LogP contribution in [0.3, 0.4) is 0 Å². The predicted molar refractivity (Wildman–Crippen MR) is 189 cm³/mol. The van der Waals surface area contributed by atoms with E-state index in [4.69, 9.17) is 0 Å². The fraction of sp³-hybridized carbons (Fsp3) is 0.143. The number of halogens is 2. The molecule has 2 aliphatic carbocycles. The maximum atomic E-state index is 2.72. The Morgan fingerprint density at radius 2 is 0.783 bits per heavy atom. The molecule has 0 fully saturated rings. The van der Waals surface area contributed by atoms with Crippen LogP contribution in [0, 0.1) is 0 Å². The summed E-state index contributed by atoms with van der Waals surface area (Å²) in [4.78, 5) is 0. The Morgan fingerprint density at radius 3 is 1.22 bits per heavy atom. The molecule has 4 heteroatoms. The summed E-state index contributed by atoms with van der Waals surface area (Å²) >= 11 is -2.20. The van der Waals surface area contributed by atoms with E-state index in [1.807, 2.05) is 0 Å². The van der Waals surface area contributed by atoms with Crippen LogP contribution in [-0.2, 0) is 19.2 Å². The van der Waals surface area contributed by atoms with Crippen molar-refractivity contribution < 1.29 is 44.1 Å². The van der Waals surface area contributed by atoms with Gasteiger partial charge in [0.1, 0.15) is 0 Å². The van der Waals surface area contributed by atoms with Crippen molar-refractivity contribution in [3.8, 4) is 0 Å². The van der Waals surface area contributed by atoms with E-state index in [9.17, 15) is 0 Å². The zero-order chi connectivity index (χ0) is 29.9. The molecule has 0 amide bonds. The van der Waals surface area contributed by atoms with Gasteiger partial charge in [-0.25, -0.2) is 0 Å². The Labute approximate surface area is 295 Å². The molecule has 6 aromatic rings. The van der Waals surface area contributed by atoms with E-state index in [0.717, 1.165) is 0 Å². The van der Waals surface area contributed by atoms with Crippen molar-refractivity contribution in [3.05, 3.63) is 178 Å². The fourth-order valence-corrected chi connectivity index (χ4v) is 45.9. The van der Waals surface area contributed by atoms with Gasteiger partial charge in [-0.15, -0.1) is 0 Å². The molecule has 0 bridgehead atoms. The Bertz CT molecular complexity index is 2000. The van der Waals surface area contributed by atoms with E-state index >= 15 is 0 Å². The maximum Gasteiger partial charge on any atom is -1.00 e. The second-order valence-electron chi connectivity index (χ2n) is 12.9. The summed E-state index contributed by atoms with van der Waals surface area (Å²) < 4.78 is 1.23. The normalized spacial score (nSPS) is 16.8. The van der Waals surface area contributed by atoms with Crippen LogP contribution in [0.2, 0.25) is 11.5 Å². The largest absolute Gasteiger partial charge is 1.00 e. The summed E-state index contributed by atoms with van der Waals surface area (Å²) in [6.07, 6.45) is 0. The third-order valence-corrected chi connectivity index (χ3v) is 45.2. The van der Waals surface area contributed by atoms with Gasteiger partial charge in [0.2, 0.25) is 0 Å². The first-order valence-corrected chi connectivity index (χ1v) is 32.2. The smallest absolute Gasteiger partial charge is 1.00 e. The number of benzene rings is 6. The zero-order valence-corrected chi connectivity index (χ0v) is 33.1. The summed E-state index contributed by atoms with van der Waals surface area (Å²) in [5.74, 6) is 5.44. The van der Waals surface area contributed by atoms with Crippen LogP contribution in [0.25, 0.3) is 32.7 Å². The Hall–Kier alpha value is -2.67. The second kappa shape index (κ2) is 13.4. The van der Waals surface area contributed by atoms with Gasteiger partial charge in [-0.1, -0.05) is 0 Å². The third kappa shape index (κ3) is 5.23. The first kappa shape index (κ1) is 33.2. The minimum Gasteiger partial charge on any atom is -1.00 e. The standard InChI is InChI=1S/2C20H15.C2H7Ge.2ClH.Zr/c2*1-14-13-16-8-3-5-11-18(16)20(14)19-12-6-9-15-7-2-4-10-17(15)19;1-3-2;;;/h2*2-13H,1H3;3H,1-2H3;2*1H;/q;;;;;+2/p-2. The van der Waals surface area contributed by atoms with Crippen molar-refractivity contribution in [2.75, 3.05) is 0 Å². The van der Waals surface area contributed by atoms with Crippen molar-refractivity contribution in [3.63, 3.8) is 0 Å². The van der Waals surface area contributed by atoms with Crippen LogP contribution >= 0.6 is 0 Å². The summed E-state index contributed by atoms with van der Waals surface area (Å²) in [7, 11) is -1.59. The predicted octanol–water partition coefficient (Wildman–Crippen LogP) is 5.06. The monoisotopic (exact) mass is 775 g/mol. The zero-order valence-electron chi connectivity index (χ0n) is 26.7. The molecule has 2 unspecified atom stereocenters. The summed E-state index contributed by atoms with van der Waals surface area (Å²) in [6.45, 7) is 5.00. The van der Waals surface area contributed by atoms with Gasteiger partial charge in [0, 0.05) is 0 Å². The number of allylic oxidation sites excluding steroid dienone is 2. The topological polar surface area (TPSA) is 0 Å². The minimum atomic E-state index is -2.20. The molecule has 0 radical (unpaired) electrons. The van der Waals surface area contributed by atoms with Crippen molar-refractivity contribution >= 4 is 43.3 Å². The summed E-state index contributed by atoms with van der Waals surface area (Å²) in [5.41, 5.74) is 15.3. The molecule has 0 aromatic heterocycles. The van der Waals surface area contributed by atoms with Crippen molar-refractivity contribution in [2.45, 2.75) is 32.6 Å². The number of hydrogen-bond donors (Lipinski definition) is 0.